The molecule has 0 aliphatic carbocycles. The van der Waals surface area contributed by atoms with Crippen LogP contribution in [-0.2, 0) is 0 Å². The summed E-state index contributed by atoms with van der Waals surface area (Å²) in [6.45, 7) is 3.92. The average Bonchev–Trinajstić information content (AvgIpc) is 2.88. The number of benzene rings is 1. The number of nitrogens with zero attached hydrogens (tertiary/aromatic N) is 1. The highest BCUT2D eigenvalue weighted by atomic mass is 32.2. The number of aromatic nitrogens is 2. The van der Waals surface area contributed by atoms with Crippen LogP contribution in [0.5, 0.6) is 0 Å². The van der Waals surface area contributed by atoms with Crippen LogP contribution in [0.15, 0.2) is 23.4 Å². The minimum Gasteiger partial charge on any atom is -0.340 e. The molecule has 1 aromatic heterocycles. The van der Waals surface area contributed by atoms with Crippen molar-refractivity contribution in [2.24, 2.45) is 0 Å². The third kappa shape index (κ3) is 3.37. The van der Waals surface area contributed by atoms with E-state index in [2.05, 4.69) is 33.2 Å². The number of carbonyl (C=O) groups excluding carboxylic acids is 2. The summed E-state index contributed by atoms with van der Waals surface area (Å²) in [5.74, 6) is 0.475. The minimum atomic E-state index is -0.465. The molecule has 1 unspecified atom stereocenters. The van der Waals surface area contributed by atoms with E-state index in [9.17, 15) is 9.59 Å². The predicted molar refractivity (Wildman–Crippen MR) is 93.4 cm³/mol. The highest BCUT2D eigenvalue weighted by molar-refractivity contribution is 7.99. The fraction of sp³-hybridized carbons (Fsp3) is 0.267. The van der Waals surface area contributed by atoms with Gasteiger partial charge in [0.1, 0.15) is 11.2 Å². The average molecular weight is 348 g/mol. The number of Topliss-reactive ketones (excluding diaryl/α,β-unsaturated/α-hetero) is 1. The van der Waals surface area contributed by atoms with Gasteiger partial charge in [0.2, 0.25) is 0 Å². The van der Waals surface area contributed by atoms with Crippen molar-refractivity contribution >= 4 is 41.9 Å². The molecule has 1 aromatic carbocycles. The summed E-state index contributed by atoms with van der Waals surface area (Å²) in [6, 6.07) is 5.77. The van der Waals surface area contributed by atoms with Gasteiger partial charge in [0.15, 0.2) is 16.8 Å². The zero-order chi connectivity index (χ0) is 16.6. The SMILES string of the molecule is Cc1ccc(C(=O)CSc2nc3c([nH]2)C(=O)NC(S)N3)c(C)c1. The molecule has 0 saturated heterocycles. The number of hydrogen-bond donors (Lipinski definition) is 4. The van der Waals surface area contributed by atoms with E-state index < -0.39 is 5.50 Å². The number of ketones is 1. The van der Waals surface area contributed by atoms with E-state index in [1.54, 1.807) is 0 Å². The molecule has 0 spiro atoms. The fourth-order valence-electron chi connectivity index (χ4n) is 2.39. The van der Waals surface area contributed by atoms with Gasteiger partial charge < -0.3 is 15.6 Å². The molecule has 3 rings (SSSR count). The van der Waals surface area contributed by atoms with Gasteiger partial charge in [-0.3, -0.25) is 9.59 Å². The van der Waals surface area contributed by atoms with Gasteiger partial charge in [0.05, 0.1) is 5.75 Å². The lowest BCUT2D eigenvalue weighted by Crippen LogP contribution is -2.41. The summed E-state index contributed by atoms with van der Waals surface area (Å²) in [5.41, 5.74) is 2.70. The van der Waals surface area contributed by atoms with Gasteiger partial charge in [0, 0.05) is 5.56 Å². The minimum absolute atomic E-state index is 0.0337. The lowest BCUT2D eigenvalue weighted by Gasteiger charge is -2.19. The lowest BCUT2D eigenvalue weighted by molar-refractivity contribution is 0.0943. The van der Waals surface area contributed by atoms with E-state index >= 15 is 0 Å². The Labute approximate surface area is 143 Å². The molecule has 0 fully saturated rings. The number of carbonyl (C=O) groups is 2. The second-order valence-electron chi connectivity index (χ2n) is 5.32. The molecular formula is C15H16N4O2S2. The van der Waals surface area contributed by atoms with Crippen molar-refractivity contribution in [3.8, 4) is 0 Å². The third-order valence-electron chi connectivity index (χ3n) is 3.47. The van der Waals surface area contributed by atoms with E-state index in [1.165, 1.54) is 11.8 Å². The Morgan fingerprint density at radius 3 is 2.87 bits per heavy atom. The van der Waals surface area contributed by atoms with Crippen molar-refractivity contribution in [1.82, 2.24) is 15.3 Å². The Morgan fingerprint density at radius 2 is 2.13 bits per heavy atom. The van der Waals surface area contributed by atoms with E-state index in [1.807, 2.05) is 32.0 Å². The number of thioether (sulfide) groups is 1. The van der Waals surface area contributed by atoms with Crippen LogP contribution >= 0.6 is 24.4 Å². The van der Waals surface area contributed by atoms with Gasteiger partial charge in [0.25, 0.3) is 5.91 Å². The Kier molecular flexibility index (Phi) is 4.36. The maximum atomic E-state index is 12.3. The van der Waals surface area contributed by atoms with E-state index in [0.717, 1.165) is 11.1 Å². The van der Waals surface area contributed by atoms with Crippen LogP contribution in [0.4, 0.5) is 5.82 Å². The first-order valence-corrected chi connectivity index (χ1v) is 8.53. The van der Waals surface area contributed by atoms with Gasteiger partial charge in [-0.05, 0) is 19.4 Å². The molecule has 2 heterocycles. The fourth-order valence-corrected chi connectivity index (χ4v) is 3.38. The first-order valence-electron chi connectivity index (χ1n) is 7.03. The van der Waals surface area contributed by atoms with Crippen LogP contribution in [0, 0.1) is 13.8 Å². The molecule has 6 nitrogen and oxygen atoms in total. The summed E-state index contributed by atoms with van der Waals surface area (Å²) in [4.78, 5) is 31.4. The normalized spacial score (nSPS) is 16.5. The third-order valence-corrected chi connectivity index (χ3v) is 4.60. The molecule has 0 radical (unpaired) electrons. The first-order chi connectivity index (χ1) is 10.9. The summed E-state index contributed by atoms with van der Waals surface area (Å²) in [7, 11) is 0. The van der Waals surface area contributed by atoms with E-state index in [4.69, 9.17) is 0 Å². The predicted octanol–water partition coefficient (Wildman–Crippen LogP) is 2.37. The molecule has 2 aromatic rings. The first kappa shape index (κ1) is 15.9. The topological polar surface area (TPSA) is 86.9 Å². The van der Waals surface area contributed by atoms with Crippen molar-refractivity contribution < 1.29 is 9.59 Å². The smallest absolute Gasteiger partial charge is 0.273 e. The van der Waals surface area contributed by atoms with Gasteiger partial charge >= 0.3 is 0 Å². The van der Waals surface area contributed by atoms with Crippen molar-refractivity contribution in [3.05, 3.63) is 40.6 Å². The summed E-state index contributed by atoms with van der Waals surface area (Å²) >= 11 is 5.42. The molecule has 1 aliphatic rings. The van der Waals surface area contributed by atoms with Crippen molar-refractivity contribution in [1.29, 1.82) is 0 Å². The number of fused-ring (bicyclic) bond motifs is 1. The van der Waals surface area contributed by atoms with Crippen molar-refractivity contribution in [3.63, 3.8) is 0 Å². The van der Waals surface area contributed by atoms with Crippen LogP contribution in [0.3, 0.4) is 0 Å². The molecule has 8 heteroatoms. The number of rotatable bonds is 4. The highest BCUT2D eigenvalue weighted by Crippen LogP contribution is 2.25. The number of aryl methyl sites for hydroxylation is 2. The quantitative estimate of drug-likeness (QED) is 0.387. The molecule has 0 saturated carbocycles. The Hall–Kier alpha value is -1.93. The van der Waals surface area contributed by atoms with Crippen LogP contribution < -0.4 is 10.6 Å². The van der Waals surface area contributed by atoms with E-state index in [-0.39, 0.29) is 17.4 Å². The number of H-pyrrole nitrogens is 1. The van der Waals surface area contributed by atoms with Crippen LogP contribution in [0.2, 0.25) is 0 Å². The summed E-state index contributed by atoms with van der Waals surface area (Å²) in [5, 5.41) is 6.08. The Morgan fingerprint density at radius 1 is 1.35 bits per heavy atom. The van der Waals surface area contributed by atoms with Crippen LogP contribution in [-0.4, -0.2) is 32.9 Å². The molecule has 0 bridgehead atoms. The summed E-state index contributed by atoms with van der Waals surface area (Å²) in [6.07, 6.45) is 0. The van der Waals surface area contributed by atoms with Crippen LogP contribution in [0.1, 0.15) is 32.0 Å². The second-order valence-corrected chi connectivity index (χ2v) is 6.80. The van der Waals surface area contributed by atoms with Crippen molar-refractivity contribution in [2.45, 2.75) is 24.5 Å². The van der Waals surface area contributed by atoms with Gasteiger partial charge in [-0.1, -0.05) is 35.5 Å². The standard InChI is InChI=1S/C15H16N4O2S2/c1-7-3-4-9(8(2)5-7)10(20)6-23-15-16-11-12(18-15)17-14(22)19-13(11)21/h3-5,14,17,22H,6H2,1-2H3,(H,16,18)(H,19,21). The maximum absolute atomic E-state index is 12.3. The van der Waals surface area contributed by atoms with Gasteiger partial charge in [-0.25, -0.2) is 4.98 Å². The van der Waals surface area contributed by atoms with Crippen LogP contribution in [0.25, 0.3) is 0 Å². The zero-order valence-corrected chi connectivity index (χ0v) is 14.3. The molecular weight excluding hydrogens is 332 g/mol. The number of aromatic amines is 1. The monoisotopic (exact) mass is 348 g/mol. The Balaban J connectivity index is 1.70. The lowest BCUT2D eigenvalue weighted by atomic mass is 10.0. The highest BCUT2D eigenvalue weighted by Gasteiger charge is 2.25. The Bertz CT molecular complexity index is 788. The number of hydrogen-bond acceptors (Lipinski definition) is 6. The number of anilines is 1. The molecule has 1 aliphatic heterocycles. The number of thiol groups is 1. The maximum Gasteiger partial charge on any atom is 0.273 e. The van der Waals surface area contributed by atoms with Crippen molar-refractivity contribution in [2.75, 3.05) is 11.1 Å². The summed E-state index contributed by atoms with van der Waals surface area (Å²) < 4.78 is 0. The second kappa shape index (κ2) is 6.29. The van der Waals surface area contributed by atoms with Gasteiger partial charge in [-0.2, -0.15) is 0 Å². The number of amides is 1. The van der Waals surface area contributed by atoms with Gasteiger partial charge in [-0.15, -0.1) is 12.6 Å². The van der Waals surface area contributed by atoms with E-state index in [0.29, 0.717) is 22.2 Å². The zero-order valence-electron chi connectivity index (χ0n) is 12.6. The number of nitrogens with one attached hydrogen (secondary N) is 3. The molecule has 1 amide bonds. The number of imidazole rings is 1. The molecule has 23 heavy (non-hydrogen) atoms. The molecule has 120 valence electrons. The molecule has 1 atom stereocenters. The largest absolute Gasteiger partial charge is 0.340 e. The molecule has 3 N–H and O–H groups in total.